The maximum absolute atomic E-state index is 10.9. The zero-order valence-electron chi connectivity index (χ0n) is 11.4. The van der Waals surface area contributed by atoms with E-state index in [0.717, 1.165) is 11.3 Å². The van der Waals surface area contributed by atoms with Gasteiger partial charge >= 0.3 is 5.97 Å². The summed E-state index contributed by atoms with van der Waals surface area (Å²) in [5, 5.41) is 13.3. The molecule has 0 amide bonds. The highest BCUT2D eigenvalue weighted by Crippen LogP contribution is 2.14. The van der Waals surface area contributed by atoms with Gasteiger partial charge in [0.1, 0.15) is 5.75 Å². The number of methoxy groups -OCH3 is 1. The highest BCUT2D eigenvalue weighted by atomic mass is 16.5. The SMILES string of the molecule is COc1ccc(Cc2nc3cc(C(=O)O)ccn3n2)cc1. The van der Waals surface area contributed by atoms with Crippen molar-refractivity contribution >= 4 is 11.6 Å². The molecule has 0 fully saturated rings. The van der Waals surface area contributed by atoms with E-state index in [0.29, 0.717) is 17.9 Å². The summed E-state index contributed by atoms with van der Waals surface area (Å²) in [5.41, 5.74) is 1.79. The average molecular weight is 283 g/mol. The van der Waals surface area contributed by atoms with E-state index < -0.39 is 5.97 Å². The van der Waals surface area contributed by atoms with E-state index in [1.807, 2.05) is 24.3 Å². The molecule has 106 valence electrons. The van der Waals surface area contributed by atoms with Crippen LogP contribution in [0.25, 0.3) is 5.65 Å². The molecule has 0 radical (unpaired) electrons. The second kappa shape index (κ2) is 5.24. The van der Waals surface area contributed by atoms with Crippen LogP contribution in [0.3, 0.4) is 0 Å². The van der Waals surface area contributed by atoms with Crippen molar-refractivity contribution in [1.29, 1.82) is 0 Å². The van der Waals surface area contributed by atoms with Crippen molar-refractivity contribution in [3.8, 4) is 5.75 Å². The Kier molecular flexibility index (Phi) is 3.27. The van der Waals surface area contributed by atoms with E-state index in [1.165, 1.54) is 12.1 Å². The first-order chi connectivity index (χ1) is 10.2. The predicted molar refractivity (Wildman–Crippen MR) is 75.7 cm³/mol. The van der Waals surface area contributed by atoms with Crippen molar-refractivity contribution in [2.24, 2.45) is 0 Å². The van der Waals surface area contributed by atoms with Crippen LogP contribution in [0, 0.1) is 0 Å². The molecule has 6 heteroatoms. The molecule has 6 nitrogen and oxygen atoms in total. The second-order valence-electron chi connectivity index (χ2n) is 4.58. The van der Waals surface area contributed by atoms with E-state index in [4.69, 9.17) is 9.84 Å². The third-order valence-electron chi connectivity index (χ3n) is 3.15. The van der Waals surface area contributed by atoms with Gasteiger partial charge < -0.3 is 9.84 Å². The zero-order chi connectivity index (χ0) is 14.8. The Hall–Kier alpha value is -2.89. The fourth-order valence-electron chi connectivity index (χ4n) is 2.06. The first kappa shape index (κ1) is 13.1. The molecule has 1 N–H and O–H groups in total. The molecule has 0 aliphatic carbocycles. The van der Waals surface area contributed by atoms with Gasteiger partial charge in [0.2, 0.25) is 0 Å². The molecule has 0 aliphatic heterocycles. The van der Waals surface area contributed by atoms with Gasteiger partial charge in [0.25, 0.3) is 0 Å². The number of aromatic nitrogens is 3. The topological polar surface area (TPSA) is 76.7 Å². The number of hydrogen-bond donors (Lipinski definition) is 1. The maximum atomic E-state index is 10.9. The normalized spacial score (nSPS) is 10.7. The van der Waals surface area contributed by atoms with Crippen molar-refractivity contribution in [2.45, 2.75) is 6.42 Å². The van der Waals surface area contributed by atoms with Gasteiger partial charge in [0.05, 0.1) is 12.7 Å². The number of rotatable bonds is 4. The summed E-state index contributed by atoms with van der Waals surface area (Å²) in [4.78, 5) is 15.3. The number of pyridine rings is 1. The van der Waals surface area contributed by atoms with Crippen molar-refractivity contribution in [3.05, 3.63) is 59.5 Å². The summed E-state index contributed by atoms with van der Waals surface area (Å²) in [5.74, 6) is 0.465. The quantitative estimate of drug-likeness (QED) is 0.792. The van der Waals surface area contributed by atoms with E-state index >= 15 is 0 Å². The summed E-state index contributed by atoms with van der Waals surface area (Å²) in [6.45, 7) is 0. The van der Waals surface area contributed by atoms with Gasteiger partial charge in [-0.2, -0.15) is 5.10 Å². The summed E-state index contributed by atoms with van der Waals surface area (Å²) < 4.78 is 6.69. The van der Waals surface area contributed by atoms with Gasteiger partial charge in [-0.3, -0.25) is 0 Å². The van der Waals surface area contributed by atoms with Crippen LogP contribution in [-0.4, -0.2) is 32.8 Å². The van der Waals surface area contributed by atoms with Crippen LogP contribution in [-0.2, 0) is 6.42 Å². The Balaban J connectivity index is 1.88. The molecule has 0 aliphatic rings. The first-order valence-electron chi connectivity index (χ1n) is 6.37. The van der Waals surface area contributed by atoms with Crippen LogP contribution in [0.5, 0.6) is 5.75 Å². The lowest BCUT2D eigenvalue weighted by atomic mass is 10.1. The lowest BCUT2D eigenvalue weighted by Crippen LogP contribution is -1.97. The Morgan fingerprint density at radius 2 is 2.05 bits per heavy atom. The number of hydrogen-bond acceptors (Lipinski definition) is 4. The molecule has 0 unspecified atom stereocenters. The Labute approximate surface area is 120 Å². The summed E-state index contributed by atoms with van der Waals surface area (Å²) in [6, 6.07) is 10.7. The van der Waals surface area contributed by atoms with Crippen LogP contribution < -0.4 is 4.74 Å². The number of carboxylic acids is 1. The Morgan fingerprint density at radius 3 is 2.71 bits per heavy atom. The molecule has 2 heterocycles. The van der Waals surface area contributed by atoms with Crippen LogP contribution in [0.2, 0.25) is 0 Å². The Bertz CT molecular complexity index is 794. The minimum absolute atomic E-state index is 0.200. The maximum Gasteiger partial charge on any atom is 0.335 e. The second-order valence-corrected chi connectivity index (χ2v) is 4.58. The standard InChI is InChI=1S/C15H13N3O3/c1-21-12-4-2-10(3-5-12)8-13-16-14-9-11(15(19)20)6-7-18(14)17-13/h2-7,9H,8H2,1H3,(H,19,20). The third-order valence-corrected chi connectivity index (χ3v) is 3.15. The van der Waals surface area contributed by atoms with Crippen LogP contribution in [0.1, 0.15) is 21.7 Å². The number of fused-ring (bicyclic) bond motifs is 1. The van der Waals surface area contributed by atoms with Crippen molar-refractivity contribution in [1.82, 2.24) is 14.6 Å². The largest absolute Gasteiger partial charge is 0.497 e. The van der Waals surface area contributed by atoms with E-state index in [-0.39, 0.29) is 5.56 Å². The van der Waals surface area contributed by atoms with Gasteiger partial charge in [-0.1, -0.05) is 12.1 Å². The summed E-state index contributed by atoms with van der Waals surface area (Å²) in [7, 11) is 1.62. The molecule has 0 spiro atoms. The van der Waals surface area contributed by atoms with Gasteiger partial charge in [-0.25, -0.2) is 14.3 Å². The lowest BCUT2D eigenvalue weighted by Gasteiger charge is -2.00. The predicted octanol–water partition coefficient (Wildman–Crippen LogP) is 2.03. The highest BCUT2D eigenvalue weighted by Gasteiger charge is 2.08. The van der Waals surface area contributed by atoms with Crippen LogP contribution in [0.4, 0.5) is 0 Å². The van der Waals surface area contributed by atoms with Crippen molar-refractivity contribution in [3.63, 3.8) is 0 Å². The molecule has 21 heavy (non-hydrogen) atoms. The number of carbonyl (C=O) groups is 1. The smallest absolute Gasteiger partial charge is 0.335 e. The number of nitrogens with zero attached hydrogens (tertiary/aromatic N) is 3. The van der Waals surface area contributed by atoms with Crippen LogP contribution in [0.15, 0.2) is 42.6 Å². The molecule has 3 aromatic rings. The first-order valence-corrected chi connectivity index (χ1v) is 6.37. The molecular weight excluding hydrogens is 270 g/mol. The number of benzene rings is 1. The molecule has 0 bridgehead atoms. The van der Waals surface area contributed by atoms with E-state index in [9.17, 15) is 4.79 Å². The molecule has 0 saturated carbocycles. The molecular formula is C15H13N3O3. The van der Waals surface area contributed by atoms with E-state index in [1.54, 1.807) is 17.8 Å². The van der Waals surface area contributed by atoms with E-state index in [2.05, 4.69) is 10.1 Å². The third kappa shape index (κ3) is 2.69. The molecule has 3 rings (SSSR count). The molecule has 1 aromatic carbocycles. The minimum atomic E-state index is -0.975. The fraction of sp³-hybridized carbons (Fsp3) is 0.133. The lowest BCUT2D eigenvalue weighted by molar-refractivity contribution is 0.0697. The number of aromatic carboxylic acids is 1. The molecule has 0 atom stereocenters. The average Bonchev–Trinajstić information content (AvgIpc) is 2.89. The number of ether oxygens (including phenoxy) is 1. The van der Waals surface area contributed by atoms with Gasteiger partial charge in [0, 0.05) is 12.6 Å². The summed E-state index contributed by atoms with van der Waals surface area (Å²) >= 11 is 0. The molecule has 2 aromatic heterocycles. The zero-order valence-corrected chi connectivity index (χ0v) is 11.4. The highest BCUT2D eigenvalue weighted by molar-refractivity contribution is 5.88. The monoisotopic (exact) mass is 283 g/mol. The Morgan fingerprint density at radius 1 is 1.29 bits per heavy atom. The number of carboxylic acid groups (broad SMARTS) is 1. The van der Waals surface area contributed by atoms with Crippen molar-refractivity contribution < 1.29 is 14.6 Å². The fourth-order valence-corrected chi connectivity index (χ4v) is 2.06. The van der Waals surface area contributed by atoms with Gasteiger partial charge in [-0.15, -0.1) is 0 Å². The summed E-state index contributed by atoms with van der Waals surface area (Å²) in [6.07, 6.45) is 2.18. The van der Waals surface area contributed by atoms with Gasteiger partial charge in [-0.05, 0) is 29.8 Å². The molecule has 0 saturated heterocycles. The van der Waals surface area contributed by atoms with Crippen molar-refractivity contribution in [2.75, 3.05) is 7.11 Å². The van der Waals surface area contributed by atoms with Gasteiger partial charge in [0.15, 0.2) is 11.5 Å². The minimum Gasteiger partial charge on any atom is -0.497 e. The van der Waals surface area contributed by atoms with Crippen LogP contribution >= 0.6 is 0 Å².